The number of hydrogen-bond donors (Lipinski definition) is 0. The fourth-order valence-electron chi connectivity index (χ4n) is 10.2. The number of nitrogens with zero attached hydrogens (tertiary/aromatic N) is 2. The average molecular weight is 745 g/mol. The van der Waals surface area contributed by atoms with Crippen LogP contribution in [0.5, 0.6) is 0 Å². The summed E-state index contributed by atoms with van der Waals surface area (Å²) in [5.74, 6) is 0. The average Bonchev–Trinajstić information content (AvgIpc) is 3.27. The maximum Gasteiger partial charge on any atom is 0.0540 e. The third-order valence-electron chi connectivity index (χ3n) is 13.0. The highest BCUT2D eigenvalue weighted by Crippen LogP contribution is 2.53. The molecule has 0 radical (unpaired) electrons. The summed E-state index contributed by atoms with van der Waals surface area (Å²) in [4.78, 5) is 4.85. The fraction of sp³-hybridized carbons (Fsp3) is 0.107. The topological polar surface area (TPSA) is 6.48 Å². The predicted molar refractivity (Wildman–Crippen MR) is 246 cm³/mol. The molecule has 2 aliphatic carbocycles. The molecule has 278 valence electrons. The van der Waals surface area contributed by atoms with E-state index < -0.39 is 0 Å². The Morgan fingerprint density at radius 3 is 1.03 bits per heavy atom. The van der Waals surface area contributed by atoms with Crippen LogP contribution >= 0.6 is 0 Å². The summed E-state index contributed by atoms with van der Waals surface area (Å²) in [6, 6.07) is 71.7. The normalized spacial score (nSPS) is 14.1. The summed E-state index contributed by atoms with van der Waals surface area (Å²) in [6.45, 7) is 9.47. The van der Waals surface area contributed by atoms with E-state index in [9.17, 15) is 0 Å². The molecule has 9 aromatic rings. The molecule has 0 atom stereocenters. The van der Waals surface area contributed by atoms with Crippen LogP contribution in [0.4, 0.5) is 34.1 Å². The molecule has 0 spiro atoms. The molecule has 0 N–H and O–H groups in total. The second-order valence-electron chi connectivity index (χ2n) is 16.9. The van der Waals surface area contributed by atoms with Crippen LogP contribution < -0.4 is 9.80 Å². The first-order chi connectivity index (χ1) is 28.3. The van der Waals surface area contributed by atoms with Gasteiger partial charge in [0.2, 0.25) is 0 Å². The molecule has 2 heteroatoms. The Hall–Kier alpha value is -6.90. The van der Waals surface area contributed by atoms with Crippen molar-refractivity contribution in [3.63, 3.8) is 0 Å². The molecule has 0 bridgehead atoms. The Bertz CT molecular complexity index is 2840. The van der Waals surface area contributed by atoms with Crippen LogP contribution in [0.2, 0.25) is 0 Å². The van der Waals surface area contributed by atoms with Crippen LogP contribution in [0.25, 0.3) is 43.8 Å². The lowest BCUT2D eigenvalue weighted by Gasteiger charge is -2.37. The second kappa shape index (κ2) is 12.8. The zero-order valence-electron chi connectivity index (χ0n) is 33.4. The van der Waals surface area contributed by atoms with E-state index in [0.717, 1.165) is 22.7 Å². The monoisotopic (exact) mass is 744 g/mol. The van der Waals surface area contributed by atoms with E-state index in [1.807, 2.05) is 0 Å². The summed E-state index contributed by atoms with van der Waals surface area (Å²) >= 11 is 0. The molecule has 0 heterocycles. The van der Waals surface area contributed by atoms with Crippen molar-refractivity contribution in [2.75, 3.05) is 9.80 Å². The quantitative estimate of drug-likeness (QED) is 0.167. The molecular formula is C56H44N2. The van der Waals surface area contributed by atoms with Crippen LogP contribution in [0.1, 0.15) is 49.9 Å². The lowest BCUT2D eigenvalue weighted by Crippen LogP contribution is -2.24. The number of anilines is 6. The van der Waals surface area contributed by atoms with Crippen molar-refractivity contribution >= 4 is 55.7 Å². The molecule has 0 amide bonds. The van der Waals surface area contributed by atoms with Crippen LogP contribution in [-0.4, -0.2) is 0 Å². The molecule has 0 unspecified atom stereocenters. The van der Waals surface area contributed by atoms with E-state index in [-0.39, 0.29) is 10.8 Å². The zero-order chi connectivity index (χ0) is 39.2. The van der Waals surface area contributed by atoms with Crippen molar-refractivity contribution in [1.82, 2.24) is 0 Å². The van der Waals surface area contributed by atoms with E-state index in [4.69, 9.17) is 0 Å². The van der Waals surface area contributed by atoms with Crippen molar-refractivity contribution in [3.05, 3.63) is 216 Å². The maximum absolute atomic E-state index is 2.43. The summed E-state index contributed by atoms with van der Waals surface area (Å²) in [5, 5.41) is 5.18. The van der Waals surface area contributed by atoms with E-state index in [1.165, 1.54) is 77.4 Å². The third kappa shape index (κ3) is 4.98. The van der Waals surface area contributed by atoms with Gasteiger partial charge in [-0.3, -0.25) is 0 Å². The Balaban J connectivity index is 1.09. The van der Waals surface area contributed by atoms with Gasteiger partial charge in [-0.05, 0) is 116 Å². The van der Waals surface area contributed by atoms with Gasteiger partial charge in [-0.15, -0.1) is 0 Å². The lowest BCUT2D eigenvalue weighted by atomic mass is 9.68. The van der Waals surface area contributed by atoms with Gasteiger partial charge in [-0.2, -0.15) is 0 Å². The van der Waals surface area contributed by atoms with E-state index in [0.29, 0.717) is 0 Å². The zero-order valence-corrected chi connectivity index (χ0v) is 33.4. The maximum atomic E-state index is 2.43. The van der Waals surface area contributed by atoms with Crippen LogP contribution in [0.15, 0.2) is 194 Å². The van der Waals surface area contributed by atoms with Crippen molar-refractivity contribution in [1.29, 1.82) is 0 Å². The van der Waals surface area contributed by atoms with Gasteiger partial charge < -0.3 is 9.80 Å². The van der Waals surface area contributed by atoms with Gasteiger partial charge in [0.05, 0.1) is 11.4 Å². The SMILES string of the molecule is CC1(C)c2ccccc2-c2ccc(N(c3ccccc3)c3ccc(N(c4ccccc4)c4ccc5c6c(cccc46)C(C)(C)c4ccccc4-5)cc3)c3cccc1c23. The Labute approximate surface area is 341 Å². The standard InChI is InChI=1S/C56H44N2/c1-55(2)47-25-13-11-21-41(47)43-33-35-51(45-23-15-27-49(55)53(43)45)57(37-17-7-5-8-18-37)39-29-31-40(32-30-39)58(38-19-9-6-10-20-38)52-36-34-44-42-22-12-14-26-48(42)56(3,4)50-28-16-24-46(52)54(44)50/h5-36H,1-4H3. The fourth-order valence-corrected chi connectivity index (χ4v) is 10.2. The van der Waals surface area contributed by atoms with E-state index in [2.05, 4.69) is 232 Å². The molecule has 11 rings (SSSR count). The molecular weight excluding hydrogens is 701 g/mol. The first kappa shape index (κ1) is 34.4. The Morgan fingerprint density at radius 2 is 0.621 bits per heavy atom. The predicted octanol–water partition coefficient (Wildman–Crippen LogP) is 15.5. The molecule has 0 aromatic heterocycles. The molecule has 2 aliphatic rings. The van der Waals surface area contributed by atoms with Gasteiger partial charge >= 0.3 is 0 Å². The molecule has 0 saturated heterocycles. The summed E-state index contributed by atoms with van der Waals surface area (Å²) in [6.07, 6.45) is 0. The van der Waals surface area contributed by atoms with E-state index >= 15 is 0 Å². The highest BCUT2D eigenvalue weighted by Gasteiger charge is 2.35. The van der Waals surface area contributed by atoms with Crippen molar-refractivity contribution in [2.45, 2.75) is 38.5 Å². The summed E-state index contributed by atoms with van der Waals surface area (Å²) in [7, 11) is 0. The van der Waals surface area contributed by atoms with Gasteiger partial charge in [0.1, 0.15) is 0 Å². The number of para-hydroxylation sites is 2. The third-order valence-corrected chi connectivity index (χ3v) is 13.0. The first-order valence-corrected chi connectivity index (χ1v) is 20.4. The van der Waals surface area contributed by atoms with Crippen LogP contribution in [0, 0.1) is 0 Å². The first-order valence-electron chi connectivity index (χ1n) is 20.4. The number of fused-ring (bicyclic) bond motifs is 4. The largest absolute Gasteiger partial charge is 0.310 e. The lowest BCUT2D eigenvalue weighted by molar-refractivity contribution is 0.645. The minimum atomic E-state index is -0.122. The summed E-state index contributed by atoms with van der Waals surface area (Å²) < 4.78 is 0. The molecule has 58 heavy (non-hydrogen) atoms. The van der Waals surface area contributed by atoms with Crippen molar-refractivity contribution in [3.8, 4) is 22.3 Å². The number of benzene rings is 9. The number of rotatable bonds is 6. The smallest absolute Gasteiger partial charge is 0.0540 e. The highest BCUT2D eigenvalue weighted by molar-refractivity contribution is 6.12. The van der Waals surface area contributed by atoms with Crippen LogP contribution in [0.3, 0.4) is 0 Å². The van der Waals surface area contributed by atoms with Gasteiger partial charge in [0.25, 0.3) is 0 Å². The van der Waals surface area contributed by atoms with Crippen molar-refractivity contribution in [2.24, 2.45) is 0 Å². The second-order valence-corrected chi connectivity index (χ2v) is 16.9. The van der Waals surface area contributed by atoms with Gasteiger partial charge in [-0.25, -0.2) is 0 Å². The van der Waals surface area contributed by atoms with E-state index in [1.54, 1.807) is 0 Å². The number of hydrogen-bond acceptors (Lipinski definition) is 2. The van der Waals surface area contributed by atoms with Gasteiger partial charge in [0, 0.05) is 44.4 Å². The molecule has 9 aromatic carbocycles. The minimum Gasteiger partial charge on any atom is -0.310 e. The summed E-state index contributed by atoms with van der Waals surface area (Å²) in [5.41, 5.74) is 17.3. The van der Waals surface area contributed by atoms with Crippen molar-refractivity contribution < 1.29 is 0 Å². The van der Waals surface area contributed by atoms with Crippen LogP contribution in [-0.2, 0) is 10.8 Å². The van der Waals surface area contributed by atoms with Gasteiger partial charge in [-0.1, -0.05) is 161 Å². The van der Waals surface area contributed by atoms with Gasteiger partial charge in [0.15, 0.2) is 0 Å². The Kier molecular flexibility index (Phi) is 7.59. The molecule has 0 saturated carbocycles. The molecule has 0 aliphatic heterocycles. The highest BCUT2D eigenvalue weighted by atomic mass is 15.2. The molecule has 2 nitrogen and oxygen atoms in total. The molecule has 0 fully saturated rings. The minimum absolute atomic E-state index is 0.122. The Morgan fingerprint density at radius 1 is 0.276 bits per heavy atom.